The third-order valence-electron chi connectivity index (χ3n) is 5.14. The van der Waals surface area contributed by atoms with Crippen LogP contribution in [0.15, 0.2) is 18.2 Å². The first-order chi connectivity index (χ1) is 11.6. The lowest BCUT2D eigenvalue weighted by Gasteiger charge is -2.22. The van der Waals surface area contributed by atoms with Crippen molar-refractivity contribution >= 4 is 15.7 Å². The van der Waals surface area contributed by atoms with Crippen molar-refractivity contribution in [3.8, 4) is 6.07 Å². The number of nitrogens with zero attached hydrogens (tertiary/aromatic N) is 2. The number of ether oxygens (including phenoxy) is 1. The zero-order chi connectivity index (χ0) is 18.1. The summed E-state index contributed by atoms with van der Waals surface area (Å²) < 4.78 is 71.5. The van der Waals surface area contributed by atoms with Crippen LogP contribution in [0.2, 0.25) is 0 Å². The molecule has 0 unspecified atom stereocenters. The van der Waals surface area contributed by atoms with Crippen molar-refractivity contribution in [3.05, 3.63) is 29.3 Å². The lowest BCUT2D eigenvalue weighted by Crippen LogP contribution is -2.40. The van der Waals surface area contributed by atoms with Crippen LogP contribution in [0.4, 0.5) is 18.9 Å². The number of hydrogen-bond donors (Lipinski definition) is 1. The van der Waals surface area contributed by atoms with Gasteiger partial charge in [-0.1, -0.05) is 0 Å². The molecule has 5 atom stereocenters. The molecule has 25 heavy (non-hydrogen) atoms. The molecule has 0 amide bonds. The predicted octanol–water partition coefficient (Wildman–Crippen LogP) is 1.24. The fourth-order valence-electron chi connectivity index (χ4n) is 4.12. The molecule has 6 nitrogen and oxygen atoms in total. The van der Waals surface area contributed by atoms with E-state index in [-0.39, 0.29) is 18.7 Å². The van der Waals surface area contributed by atoms with Crippen LogP contribution in [0.25, 0.3) is 0 Å². The van der Waals surface area contributed by atoms with Gasteiger partial charge in [0.2, 0.25) is 10.0 Å². The van der Waals surface area contributed by atoms with E-state index in [0.717, 1.165) is 10.4 Å². The van der Waals surface area contributed by atoms with E-state index in [9.17, 15) is 26.7 Å². The van der Waals surface area contributed by atoms with Crippen LogP contribution in [0.3, 0.4) is 0 Å². The van der Waals surface area contributed by atoms with E-state index >= 15 is 0 Å². The first-order valence-electron chi connectivity index (χ1n) is 7.61. The zero-order valence-corrected chi connectivity index (χ0v) is 13.5. The third-order valence-corrected chi connectivity index (χ3v) is 7.46. The van der Waals surface area contributed by atoms with E-state index in [0.29, 0.717) is 6.07 Å². The Hall–Kier alpha value is -1.83. The maximum atomic E-state index is 13.1. The molecule has 0 radical (unpaired) electrons. The number of aliphatic hydroxyl groups excluding tert-OH is 1. The first kappa shape index (κ1) is 16.6. The molecule has 3 fully saturated rings. The largest absolute Gasteiger partial charge is 0.417 e. The molecule has 4 rings (SSSR count). The number of hydrogen-bond acceptors (Lipinski definition) is 5. The second kappa shape index (κ2) is 5.09. The number of aliphatic hydroxyl groups is 1. The van der Waals surface area contributed by atoms with Gasteiger partial charge in [0.05, 0.1) is 41.2 Å². The van der Waals surface area contributed by atoms with Crippen LogP contribution in [0, 0.1) is 17.2 Å². The Kier molecular flexibility index (Phi) is 3.39. The molecule has 1 aromatic carbocycles. The van der Waals surface area contributed by atoms with E-state index < -0.39 is 56.8 Å². The summed E-state index contributed by atoms with van der Waals surface area (Å²) in [6, 6.07) is 4.33. The molecule has 0 spiro atoms. The standard InChI is InChI=1S/C15H13F3N2O4S/c16-15(17,18)10-3-8(2-1-7(10)5-19)20-6-9-13-11(21)4-12(24-13)14(9)25(20,22)23/h1-3,9,11-14,21H,4,6H2/t9-,11+,12-,13+,14-/m1/s1. The van der Waals surface area contributed by atoms with Crippen LogP contribution in [0.1, 0.15) is 17.5 Å². The van der Waals surface area contributed by atoms with Gasteiger partial charge in [-0.3, -0.25) is 4.31 Å². The maximum absolute atomic E-state index is 13.1. The van der Waals surface area contributed by atoms with Gasteiger partial charge in [0, 0.05) is 18.9 Å². The Balaban J connectivity index is 1.76. The Morgan fingerprint density at radius 3 is 2.72 bits per heavy atom. The number of nitriles is 1. The minimum atomic E-state index is -4.77. The number of rotatable bonds is 1. The van der Waals surface area contributed by atoms with Crippen LogP contribution >= 0.6 is 0 Å². The summed E-state index contributed by atoms with van der Waals surface area (Å²) in [5.41, 5.74) is -1.86. The van der Waals surface area contributed by atoms with E-state index in [2.05, 4.69) is 0 Å². The van der Waals surface area contributed by atoms with Gasteiger partial charge in [0.25, 0.3) is 0 Å². The van der Waals surface area contributed by atoms with Crippen LogP contribution in [0.5, 0.6) is 0 Å². The van der Waals surface area contributed by atoms with Crippen molar-refractivity contribution in [3.63, 3.8) is 0 Å². The number of sulfonamides is 1. The van der Waals surface area contributed by atoms with Gasteiger partial charge in [0.15, 0.2) is 0 Å². The van der Waals surface area contributed by atoms with Gasteiger partial charge >= 0.3 is 6.18 Å². The molecule has 0 aliphatic carbocycles. The zero-order valence-electron chi connectivity index (χ0n) is 12.6. The quantitative estimate of drug-likeness (QED) is 0.799. The highest BCUT2D eigenvalue weighted by Gasteiger charge is 2.64. The van der Waals surface area contributed by atoms with Crippen molar-refractivity contribution in [2.45, 2.75) is 36.2 Å². The Morgan fingerprint density at radius 1 is 1.36 bits per heavy atom. The second-order valence-electron chi connectivity index (χ2n) is 6.49. The van der Waals surface area contributed by atoms with Gasteiger partial charge < -0.3 is 9.84 Å². The molecule has 10 heteroatoms. The Morgan fingerprint density at radius 2 is 2.08 bits per heavy atom. The van der Waals surface area contributed by atoms with E-state index in [1.54, 1.807) is 0 Å². The van der Waals surface area contributed by atoms with Crippen molar-refractivity contribution in [2.24, 2.45) is 5.92 Å². The van der Waals surface area contributed by atoms with Gasteiger partial charge in [-0.05, 0) is 18.2 Å². The minimum Gasteiger partial charge on any atom is -0.390 e. The van der Waals surface area contributed by atoms with Gasteiger partial charge in [-0.15, -0.1) is 0 Å². The molecule has 134 valence electrons. The molecule has 1 aromatic rings. The normalized spacial score (nSPS) is 35.6. The van der Waals surface area contributed by atoms with E-state index in [1.165, 1.54) is 12.1 Å². The summed E-state index contributed by atoms with van der Waals surface area (Å²) in [7, 11) is -3.91. The molecular formula is C15H13F3N2O4S. The summed E-state index contributed by atoms with van der Waals surface area (Å²) >= 11 is 0. The summed E-state index contributed by atoms with van der Waals surface area (Å²) in [6.45, 7) is -0.0472. The molecule has 3 aliphatic rings. The molecular weight excluding hydrogens is 361 g/mol. The first-order valence-corrected chi connectivity index (χ1v) is 9.11. The molecule has 3 saturated heterocycles. The number of alkyl halides is 3. The van der Waals surface area contributed by atoms with Gasteiger partial charge in [0.1, 0.15) is 5.25 Å². The topological polar surface area (TPSA) is 90.6 Å². The van der Waals surface area contributed by atoms with Crippen molar-refractivity contribution in [2.75, 3.05) is 10.8 Å². The van der Waals surface area contributed by atoms with Crippen molar-refractivity contribution in [1.29, 1.82) is 5.26 Å². The van der Waals surface area contributed by atoms with Crippen LogP contribution in [-0.4, -0.2) is 43.6 Å². The summed E-state index contributed by atoms with van der Waals surface area (Å²) in [6.07, 6.45) is -6.57. The van der Waals surface area contributed by atoms with E-state index in [4.69, 9.17) is 10.00 Å². The third kappa shape index (κ3) is 2.26. The van der Waals surface area contributed by atoms with Crippen molar-refractivity contribution in [1.82, 2.24) is 0 Å². The average Bonchev–Trinajstić information content (AvgIpc) is 3.15. The predicted molar refractivity (Wildman–Crippen MR) is 79.0 cm³/mol. The Bertz CT molecular complexity index is 880. The van der Waals surface area contributed by atoms with Crippen molar-refractivity contribution < 1.29 is 31.4 Å². The maximum Gasteiger partial charge on any atom is 0.417 e. The summed E-state index contributed by atoms with van der Waals surface area (Å²) in [5.74, 6) is -0.483. The number of fused-ring (bicyclic) bond motifs is 5. The van der Waals surface area contributed by atoms with Crippen LogP contribution in [-0.2, 0) is 20.9 Å². The number of benzene rings is 1. The molecule has 2 bridgehead atoms. The molecule has 1 N–H and O–H groups in total. The molecule has 3 aliphatic heterocycles. The minimum absolute atomic E-state index is 0.0472. The fourth-order valence-corrected chi connectivity index (χ4v) is 6.44. The molecule has 0 saturated carbocycles. The SMILES string of the molecule is N#Cc1ccc(N2C[C@@H]3[C@@H]4O[C@H](C[C@@H]4O)[C@@H]3S2(=O)=O)cc1C(F)(F)F. The highest BCUT2D eigenvalue weighted by Crippen LogP contribution is 2.49. The Labute approximate surface area is 141 Å². The highest BCUT2D eigenvalue weighted by atomic mass is 32.2. The number of halogens is 3. The molecule has 0 aromatic heterocycles. The van der Waals surface area contributed by atoms with E-state index in [1.807, 2.05) is 0 Å². The number of anilines is 1. The van der Waals surface area contributed by atoms with Gasteiger partial charge in [-0.2, -0.15) is 18.4 Å². The summed E-state index contributed by atoms with van der Waals surface area (Å²) in [4.78, 5) is 0. The van der Waals surface area contributed by atoms with Gasteiger partial charge in [-0.25, -0.2) is 8.42 Å². The average molecular weight is 374 g/mol. The lowest BCUT2D eigenvalue weighted by atomic mass is 9.87. The lowest BCUT2D eigenvalue weighted by molar-refractivity contribution is -0.137. The highest BCUT2D eigenvalue weighted by molar-refractivity contribution is 7.93. The smallest absolute Gasteiger partial charge is 0.390 e. The fraction of sp³-hybridized carbons (Fsp3) is 0.533. The summed E-state index contributed by atoms with van der Waals surface area (Å²) in [5, 5.41) is 17.9. The second-order valence-corrected chi connectivity index (χ2v) is 8.50. The monoisotopic (exact) mass is 374 g/mol. The molecule has 3 heterocycles. The van der Waals surface area contributed by atoms with Crippen LogP contribution < -0.4 is 4.31 Å².